The summed E-state index contributed by atoms with van der Waals surface area (Å²) in [6.07, 6.45) is 1.04. The largest absolute Gasteiger partial charge is 0.310 e. The molecule has 1 unspecified atom stereocenters. The van der Waals surface area contributed by atoms with Gasteiger partial charge in [-0.2, -0.15) is 5.10 Å². The Bertz CT molecular complexity index is 719. The Morgan fingerprint density at radius 2 is 2.00 bits per heavy atom. The predicted octanol–water partition coefficient (Wildman–Crippen LogP) is 2.95. The molecule has 0 aliphatic carbocycles. The Hall–Kier alpha value is -1.94. The van der Waals surface area contributed by atoms with E-state index >= 15 is 0 Å². The second kappa shape index (κ2) is 6.88. The van der Waals surface area contributed by atoms with Crippen molar-refractivity contribution in [2.45, 2.75) is 46.7 Å². The topological polar surface area (TPSA) is 46.9 Å². The van der Waals surface area contributed by atoms with E-state index in [1.54, 1.807) is 7.05 Å². The van der Waals surface area contributed by atoms with Crippen LogP contribution >= 0.6 is 0 Å². The summed E-state index contributed by atoms with van der Waals surface area (Å²) in [7, 11) is 1.71. The summed E-state index contributed by atoms with van der Waals surface area (Å²) in [5.74, 6) is 0. The third-order valence-electron chi connectivity index (χ3n) is 4.05. The number of benzene rings is 1. The van der Waals surface area contributed by atoms with E-state index in [1.807, 2.05) is 6.07 Å². The van der Waals surface area contributed by atoms with Crippen molar-refractivity contribution in [1.29, 1.82) is 0 Å². The molecule has 0 aliphatic rings. The van der Waals surface area contributed by atoms with Crippen LogP contribution in [0, 0.1) is 13.8 Å². The third kappa shape index (κ3) is 3.63. The second-order valence-corrected chi connectivity index (χ2v) is 5.99. The monoisotopic (exact) mass is 299 g/mol. The normalized spacial score (nSPS) is 12.4. The van der Waals surface area contributed by atoms with Gasteiger partial charge in [-0.05, 0) is 38.8 Å². The standard InChI is InChI=1S/C18H25N3O/c1-6-14(4)19-11-15-10-17(20-21(5)18(15)22)16-8-7-12(2)9-13(16)3/h7-10,14,19H,6,11H2,1-5H3. The molecule has 2 aromatic rings. The van der Waals surface area contributed by atoms with E-state index in [0.717, 1.165) is 23.2 Å². The fraction of sp³-hybridized carbons (Fsp3) is 0.444. The number of nitrogens with one attached hydrogen (secondary N) is 1. The maximum absolute atomic E-state index is 12.3. The summed E-state index contributed by atoms with van der Waals surface area (Å²) in [6, 6.07) is 8.59. The number of hydrogen-bond acceptors (Lipinski definition) is 3. The molecule has 0 spiro atoms. The number of hydrogen-bond donors (Lipinski definition) is 1. The average molecular weight is 299 g/mol. The molecule has 1 aromatic heterocycles. The molecule has 0 fully saturated rings. The summed E-state index contributed by atoms with van der Waals surface area (Å²) < 4.78 is 1.43. The molecular formula is C18H25N3O. The van der Waals surface area contributed by atoms with Crippen LogP contribution in [0.2, 0.25) is 0 Å². The highest BCUT2D eigenvalue weighted by atomic mass is 16.1. The van der Waals surface area contributed by atoms with Crippen molar-refractivity contribution in [3.63, 3.8) is 0 Å². The Morgan fingerprint density at radius 3 is 2.64 bits per heavy atom. The molecule has 1 atom stereocenters. The maximum Gasteiger partial charge on any atom is 0.271 e. The van der Waals surface area contributed by atoms with Crippen LogP contribution in [-0.2, 0) is 13.6 Å². The molecule has 0 amide bonds. The van der Waals surface area contributed by atoms with Gasteiger partial charge in [-0.25, -0.2) is 4.68 Å². The van der Waals surface area contributed by atoms with Gasteiger partial charge in [0.25, 0.3) is 5.56 Å². The van der Waals surface area contributed by atoms with Crippen LogP contribution in [0.3, 0.4) is 0 Å². The van der Waals surface area contributed by atoms with Crippen molar-refractivity contribution in [2.24, 2.45) is 7.05 Å². The minimum Gasteiger partial charge on any atom is -0.310 e. The van der Waals surface area contributed by atoms with E-state index in [9.17, 15) is 4.79 Å². The van der Waals surface area contributed by atoms with E-state index < -0.39 is 0 Å². The molecule has 1 aromatic carbocycles. The van der Waals surface area contributed by atoms with Gasteiger partial charge in [-0.3, -0.25) is 4.79 Å². The lowest BCUT2D eigenvalue weighted by atomic mass is 10.0. The van der Waals surface area contributed by atoms with Gasteiger partial charge in [0.05, 0.1) is 5.69 Å². The molecule has 118 valence electrons. The molecule has 0 radical (unpaired) electrons. The Kier molecular flexibility index (Phi) is 5.14. The van der Waals surface area contributed by atoms with Gasteiger partial charge in [0.15, 0.2) is 0 Å². The molecule has 4 heteroatoms. The SMILES string of the molecule is CCC(C)NCc1cc(-c2ccc(C)cc2C)nn(C)c1=O. The van der Waals surface area contributed by atoms with Crippen molar-refractivity contribution >= 4 is 0 Å². The third-order valence-corrected chi connectivity index (χ3v) is 4.05. The minimum atomic E-state index is -0.0377. The molecule has 0 aliphatic heterocycles. The summed E-state index contributed by atoms with van der Waals surface area (Å²) in [6.45, 7) is 8.97. The molecule has 2 rings (SSSR count). The van der Waals surface area contributed by atoms with Crippen LogP contribution in [0.4, 0.5) is 0 Å². The quantitative estimate of drug-likeness (QED) is 0.923. The summed E-state index contributed by atoms with van der Waals surface area (Å²) >= 11 is 0. The van der Waals surface area contributed by atoms with E-state index in [4.69, 9.17) is 0 Å². The Morgan fingerprint density at radius 1 is 1.27 bits per heavy atom. The molecule has 1 N–H and O–H groups in total. The zero-order valence-electron chi connectivity index (χ0n) is 14.1. The molecular weight excluding hydrogens is 274 g/mol. The van der Waals surface area contributed by atoms with E-state index in [1.165, 1.54) is 15.8 Å². The van der Waals surface area contributed by atoms with E-state index in [-0.39, 0.29) is 5.56 Å². The van der Waals surface area contributed by atoms with Crippen molar-refractivity contribution in [3.05, 3.63) is 51.3 Å². The summed E-state index contributed by atoms with van der Waals surface area (Å²) in [5.41, 5.74) is 5.04. The highest BCUT2D eigenvalue weighted by molar-refractivity contribution is 5.64. The van der Waals surface area contributed by atoms with Crippen molar-refractivity contribution in [3.8, 4) is 11.3 Å². The Labute approximate surface area is 132 Å². The Balaban J connectivity index is 2.41. The smallest absolute Gasteiger partial charge is 0.271 e. The molecule has 0 bridgehead atoms. The molecule has 4 nitrogen and oxygen atoms in total. The van der Waals surface area contributed by atoms with Gasteiger partial charge < -0.3 is 5.32 Å². The first-order chi connectivity index (χ1) is 10.4. The zero-order chi connectivity index (χ0) is 16.3. The van der Waals surface area contributed by atoms with Gasteiger partial charge >= 0.3 is 0 Å². The van der Waals surface area contributed by atoms with Gasteiger partial charge in [-0.1, -0.05) is 30.7 Å². The maximum atomic E-state index is 12.3. The van der Waals surface area contributed by atoms with Gasteiger partial charge in [0.1, 0.15) is 0 Å². The highest BCUT2D eigenvalue weighted by Crippen LogP contribution is 2.22. The fourth-order valence-electron chi connectivity index (χ4n) is 2.46. The van der Waals surface area contributed by atoms with Gasteiger partial charge in [-0.15, -0.1) is 0 Å². The predicted molar refractivity (Wildman–Crippen MR) is 91.0 cm³/mol. The van der Waals surface area contributed by atoms with E-state index in [0.29, 0.717) is 12.6 Å². The first-order valence-electron chi connectivity index (χ1n) is 7.80. The lowest BCUT2D eigenvalue weighted by Gasteiger charge is -2.13. The van der Waals surface area contributed by atoms with Crippen molar-refractivity contribution in [2.75, 3.05) is 0 Å². The van der Waals surface area contributed by atoms with Gasteiger partial charge in [0, 0.05) is 30.8 Å². The minimum absolute atomic E-state index is 0.0377. The second-order valence-electron chi connectivity index (χ2n) is 5.99. The van der Waals surface area contributed by atoms with Crippen LogP contribution in [0.25, 0.3) is 11.3 Å². The van der Waals surface area contributed by atoms with Gasteiger partial charge in [0.2, 0.25) is 0 Å². The van der Waals surface area contributed by atoms with Crippen LogP contribution in [-0.4, -0.2) is 15.8 Å². The number of rotatable bonds is 5. The lowest BCUT2D eigenvalue weighted by molar-refractivity contribution is 0.528. The molecule has 1 heterocycles. The average Bonchev–Trinajstić information content (AvgIpc) is 2.48. The van der Waals surface area contributed by atoms with Crippen LogP contribution in [0.1, 0.15) is 37.0 Å². The summed E-state index contributed by atoms with van der Waals surface area (Å²) in [4.78, 5) is 12.3. The molecule has 0 saturated carbocycles. The number of nitrogens with zero attached hydrogens (tertiary/aromatic N) is 2. The first-order valence-corrected chi connectivity index (χ1v) is 7.80. The van der Waals surface area contributed by atoms with Crippen LogP contribution < -0.4 is 10.9 Å². The van der Waals surface area contributed by atoms with Crippen molar-refractivity contribution in [1.82, 2.24) is 15.1 Å². The van der Waals surface area contributed by atoms with Crippen LogP contribution in [0.5, 0.6) is 0 Å². The lowest BCUT2D eigenvalue weighted by Crippen LogP contribution is -2.31. The summed E-state index contributed by atoms with van der Waals surface area (Å²) in [5, 5.41) is 7.80. The molecule has 0 saturated heterocycles. The first kappa shape index (κ1) is 16.4. The van der Waals surface area contributed by atoms with Crippen molar-refractivity contribution < 1.29 is 0 Å². The highest BCUT2D eigenvalue weighted by Gasteiger charge is 2.10. The fourth-order valence-corrected chi connectivity index (χ4v) is 2.46. The number of aryl methyl sites for hydroxylation is 3. The number of aromatic nitrogens is 2. The van der Waals surface area contributed by atoms with E-state index in [2.05, 4.69) is 56.3 Å². The molecule has 22 heavy (non-hydrogen) atoms. The van der Waals surface area contributed by atoms with Crippen LogP contribution in [0.15, 0.2) is 29.1 Å². The zero-order valence-corrected chi connectivity index (χ0v) is 14.1.